The van der Waals surface area contributed by atoms with Crippen molar-refractivity contribution < 1.29 is 4.92 Å². The van der Waals surface area contributed by atoms with Crippen molar-refractivity contribution >= 4 is 22.9 Å². The monoisotopic (exact) mass is 345 g/mol. The van der Waals surface area contributed by atoms with Crippen molar-refractivity contribution in [3.8, 4) is 0 Å². The van der Waals surface area contributed by atoms with Gasteiger partial charge in [0, 0.05) is 11.6 Å². The number of para-hydroxylation sites is 2. The normalized spacial score (nSPS) is 11.5. The second-order valence-electron chi connectivity index (χ2n) is 5.23. The molecule has 0 unspecified atom stereocenters. The van der Waals surface area contributed by atoms with E-state index in [1.54, 1.807) is 12.1 Å². The standard InChI is InChI=1S/C19H15N5O2/c25-24(26)18-14-8-7-13-17(18)21-23-19(15-9-3-1-4-10-15)22-20-16-11-5-2-6-12-16/h1-14,20H/b22-19+,23-21?. The fourth-order valence-corrected chi connectivity index (χ4v) is 2.17. The summed E-state index contributed by atoms with van der Waals surface area (Å²) in [5.41, 5.74) is 4.50. The molecule has 3 aromatic rings. The smallest absolute Gasteiger partial charge is 0.276 e. The molecule has 0 saturated carbocycles. The molecule has 0 aliphatic carbocycles. The Hall–Kier alpha value is -3.87. The molecule has 0 saturated heterocycles. The number of hydrazone groups is 1. The Morgan fingerprint density at radius 1 is 0.846 bits per heavy atom. The summed E-state index contributed by atoms with van der Waals surface area (Å²) in [5.74, 6) is 0.313. The van der Waals surface area contributed by atoms with E-state index in [-0.39, 0.29) is 11.4 Å². The molecule has 128 valence electrons. The van der Waals surface area contributed by atoms with E-state index in [0.29, 0.717) is 5.84 Å². The van der Waals surface area contributed by atoms with Crippen molar-refractivity contribution in [2.24, 2.45) is 15.3 Å². The fraction of sp³-hybridized carbons (Fsp3) is 0. The Morgan fingerprint density at radius 3 is 2.15 bits per heavy atom. The van der Waals surface area contributed by atoms with Crippen molar-refractivity contribution in [3.05, 3.63) is 101 Å². The Labute approximate surface area is 149 Å². The van der Waals surface area contributed by atoms with Crippen LogP contribution in [0.1, 0.15) is 5.56 Å². The number of benzene rings is 3. The van der Waals surface area contributed by atoms with E-state index in [0.717, 1.165) is 11.3 Å². The van der Waals surface area contributed by atoms with Gasteiger partial charge in [-0.15, -0.1) is 10.2 Å². The number of nitrogens with zero attached hydrogens (tertiary/aromatic N) is 4. The lowest BCUT2D eigenvalue weighted by Gasteiger charge is -2.03. The van der Waals surface area contributed by atoms with Crippen molar-refractivity contribution in [2.45, 2.75) is 0 Å². The molecule has 3 rings (SSSR count). The summed E-state index contributed by atoms with van der Waals surface area (Å²) in [6.07, 6.45) is 0. The lowest BCUT2D eigenvalue weighted by Crippen LogP contribution is -2.01. The molecule has 1 N–H and O–H groups in total. The zero-order chi connectivity index (χ0) is 18.2. The lowest BCUT2D eigenvalue weighted by atomic mass is 10.2. The maximum Gasteiger partial charge on any atom is 0.296 e. The van der Waals surface area contributed by atoms with Gasteiger partial charge in [0.25, 0.3) is 5.69 Å². The number of hydrogen-bond acceptors (Lipinski definition) is 5. The van der Waals surface area contributed by atoms with E-state index < -0.39 is 4.92 Å². The van der Waals surface area contributed by atoms with E-state index in [1.807, 2.05) is 60.7 Å². The van der Waals surface area contributed by atoms with Crippen LogP contribution < -0.4 is 5.43 Å². The fourth-order valence-electron chi connectivity index (χ4n) is 2.17. The van der Waals surface area contributed by atoms with Crippen LogP contribution in [0.5, 0.6) is 0 Å². The molecule has 0 amide bonds. The highest BCUT2D eigenvalue weighted by atomic mass is 16.6. The van der Waals surface area contributed by atoms with Gasteiger partial charge in [0.05, 0.1) is 10.6 Å². The van der Waals surface area contributed by atoms with Gasteiger partial charge >= 0.3 is 0 Å². The zero-order valence-electron chi connectivity index (χ0n) is 13.7. The zero-order valence-corrected chi connectivity index (χ0v) is 13.7. The van der Waals surface area contributed by atoms with Gasteiger partial charge in [-0.2, -0.15) is 5.10 Å². The largest absolute Gasteiger partial charge is 0.296 e. The number of anilines is 1. The minimum Gasteiger partial charge on any atom is -0.276 e. The summed E-state index contributed by atoms with van der Waals surface area (Å²) in [5, 5.41) is 23.6. The quantitative estimate of drug-likeness (QED) is 0.228. The third-order valence-corrected chi connectivity index (χ3v) is 3.43. The van der Waals surface area contributed by atoms with Crippen LogP contribution in [0, 0.1) is 10.1 Å². The van der Waals surface area contributed by atoms with Gasteiger partial charge in [-0.3, -0.25) is 15.5 Å². The van der Waals surface area contributed by atoms with E-state index in [1.165, 1.54) is 12.1 Å². The Balaban J connectivity index is 1.93. The number of amidine groups is 1. The first-order chi connectivity index (χ1) is 12.7. The molecule has 26 heavy (non-hydrogen) atoms. The predicted molar refractivity (Wildman–Crippen MR) is 101 cm³/mol. The maximum atomic E-state index is 11.1. The highest BCUT2D eigenvalue weighted by molar-refractivity contribution is 5.99. The van der Waals surface area contributed by atoms with Gasteiger partial charge in [0.1, 0.15) is 0 Å². The summed E-state index contributed by atoms with van der Waals surface area (Å²) in [7, 11) is 0. The lowest BCUT2D eigenvalue weighted by molar-refractivity contribution is -0.384. The molecular formula is C19H15N5O2. The molecule has 7 heteroatoms. The van der Waals surface area contributed by atoms with E-state index >= 15 is 0 Å². The van der Waals surface area contributed by atoms with Crippen LogP contribution in [0.4, 0.5) is 17.1 Å². The second kappa shape index (κ2) is 8.29. The molecule has 0 fully saturated rings. The Bertz CT molecular complexity index is 940. The van der Waals surface area contributed by atoms with E-state index in [4.69, 9.17) is 0 Å². The van der Waals surface area contributed by atoms with E-state index in [2.05, 4.69) is 20.8 Å². The summed E-state index contributed by atoms with van der Waals surface area (Å²) in [6, 6.07) is 24.8. The van der Waals surface area contributed by atoms with Gasteiger partial charge in [-0.25, -0.2) is 0 Å². The van der Waals surface area contributed by atoms with Gasteiger partial charge in [-0.1, -0.05) is 60.7 Å². The first-order valence-electron chi connectivity index (χ1n) is 7.83. The summed E-state index contributed by atoms with van der Waals surface area (Å²) in [4.78, 5) is 10.6. The molecule has 0 atom stereocenters. The van der Waals surface area contributed by atoms with Crippen LogP contribution in [0.15, 0.2) is 100 Å². The average Bonchev–Trinajstić information content (AvgIpc) is 2.69. The average molecular weight is 345 g/mol. The molecule has 0 heterocycles. The van der Waals surface area contributed by atoms with Gasteiger partial charge < -0.3 is 0 Å². The Morgan fingerprint density at radius 2 is 1.46 bits per heavy atom. The topological polar surface area (TPSA) is 92.2 Å². The van der Waals surface area contributed by atoms with Gasteiger partial charge in [-0.05, 0) is 18.2 Å². The van der Waals surface area contributed by atoms with Gasteiger partial charge in [0.2, 0.25) is 5.84 Å². The number of azo groups is 1. The molecular weight excluding hydrogens is 330 g/mol. The van der Waals surface area contributed by atoms with Crippen LogP contribution in [-0.4, -0.2) is 10.8 Å². The highest BCUT2D eigenvalue weighted by Crippen LogP contribution is 2.26. The molecule has 7 nitrogen and oxygen atoms in total. The van der Waals surface area contributed by atoms with Crippen LogP contribution in [0.3, 0.4) is 0 Å². The second-order valence-corrected chi connectivity index (χ2v) is 5.23. The first kappa shape index (κ1) is 17.0. The molecule has 0 aliphatic rings. The Kier molecular flexibility index (Phi) is 5.41. The molecule has 3 aromatic carbocycles. The third-order valence-electron chi connectivity index (χ3n) is 3.43. The molecule has 0 aromatic heterocycles. The van der Waals surface area contributed by atoms with Crippen molar-refractivity contribution in [1.82, 2.24) is 0 Å². The highest BCUT2D eigenvalue weighted by Gasteiger charge is 2.12. The molecule has 0 radical (unpaired) electrons. The summed E-state index contributed by atoms with van der Waals surface area (Å²) < 4.78 is 0. The van der Waals surface area contributed by atoms with Crippen LogP contribution >= 0.6 is 0 Å². The number of nitro groups is 1. The number of nitrogens with one attached hydrogen (secondary N) is 1. The van der Waals surface area contributed by atoms with Crippen LogP contribution in [0.2, 0.25) is 0 Å². The van der Waals surface area contributed by atoms with Crippen molar-refractivity contribution in [1.29, 1.82) is 0 Å². The summed E-state index contributed by atoms with van der Waals surface area (Å²) >= 11 is 0. The minimum absolute atomic E-state index is 0.111. The summed E-state index contributed by atoms with van der Waals surface area (Å²) in [6.45, 7) is 0. The van der Waals surface area contributed by atoms with Crippen LogP contribution in [-0.2, 0) is 0 Å². The molecule has 0 aliphatic heterocycles. The molecule has 0 spiro atoms. The van der Waals surface area contributed by atoms with Crippen molar-refractivity contribution in [3.63, 3.8) is 0 Å². The van der Waals surface area contributed by atoms with E-state index in [9.17, 15) is 10.1 Å². The van der Waals surface area contributed by atoms with Gasteiger partial charge in [0.15, 0.2) is 5.69 Å². The SMILES string of the molecule is O=[N+]([O-])c1ccccc1N=N/C(=N/Nc1ccccc1)c1ccccc1. The number of hydrogen-bond donors (Lipinski definition) is 1. The van der Waals surface area contributed by atoms with Crippen molar-refractivity contribution in [2.75, 3.05) is 5.43 Å². The third kappa shape index (κ3) is 4.35. The molecule has 0 bridgehead atoms. The minimum atomic E-state index is -0.490. The number of rotatable bonds is 5. The maximum absolute atomic E-state index is 11.1. The predicted octanol–water partition coefficient (Wildman–Crippen LogP) is 5.15. The first-order valence-corrected chi connectivity index (χ1v) is 7.83. The van der Waals surface area contributed by atoms with Crippen LogP contribution in [0.25, 0.3) is 0 Å². The number of nitro benzene ring substituents is 1.